The number of nitrogens with zero attached hydrogens (tertiary/aromatic N) is 1. The molecule has 4 rings (SSSR count). The fourth-order valence-electron chi connectivity index (χ4n) is 4.33. The summed E-state index contributed by atoms with van der Waals surface area (Å²) in [5, 5.41) is 5.21. The molecular formula is C20H20Cl2N2O2. The van der Waals surface area contributed by atoms with E-state index >= 15 is 0 Å². The van der Waals surface area contributed by atoms with Gasteiger partial charge in [0.15, 0.2) is 0 Å². The second kappa shape index (κ2) is 6.75. The lowest BCUT2D eigenvalue weighted by Gasteiger charge is -2.15. The van der Waals surface area contributed by atoms with Crippen molar-refractivity contribution in [1.29, 1.82) is 0 Å². The van der Waals surface area contributed by atoms with Crippen LogP contribution in [0.3, 0.4) is 0 Å². The van der Waals surface area contributed by atoms with Gasteiger partial charge in [-0.1, -0.05) is 43.0 Å². The lowest BCUT2D eigenvalue weighted by atomic mass is 9.90. The Kier molecular flexibility index (Phi) is 4.57. The fraction of sp³-hybridized carbons (Fsp3) is 0.400. The molecule has 2 aliphatic carbocycles. The summed E-state index contributed by atoms with van der Waals surface area (Å²) in [6.45, 7) is 2.22. The van der Waals surface area contributed by atoms with Crippen LogP contribution in [0.15, 0.2) is 39.9 Å². The van der Waals surface area contributed by atoms with Gasteiger partial charge < -0.3 is 4.42 Å². The van der Waals surface area contributed by atoms with Gasteiger partial charge in [0.05, 0.1) is 11.2 Å². The molecule has 2 aliphatic rings. The maximum atomic E-state index is 12.4. The van der Waals surface area contributed by atoms with Gasteiger partial charge in [-0.25, -0.2) is 5.43 Å². The summed E-state index contributed by atoms with van der Waals surface area (Å²) >= 11 is 12.2. The number of hydrazone groups is 1. The molecule has 0 bridgehead atoms. The van der Waals surface area contributed by atoms with Crippen molar-refractivity contribution in [1.82, 2.24) is 5.43 Å². The Labute approximate surface area is 162 Å². The van der Waals surface area contributed by atoms with Crippen LogP contribution in [-0.4, -0.2) is 12.1 Å². The zero-order valence-corrected chi connectivity index (χ0v) is 16.0. The molecule has 0 aliphatic heterocycles. The van der Waals surface area contributed by atoms with Crippen molar-refractivity contribution in [3.63, 3.8) is 0 Å². The van der Waals surface area contributed by atoms with E-state index in [0.717, 1.165) is 18.4 Å². The first-order valence-electron chi connectivity index (χ1n) is 8.87. The molecule has 1 heterocycles. The van der Waals surface area contributed by atoms with Crippen molar-refractivity contribution < 1.29 is 9.21 Å². The van der Waals surface area contributed by atoms with Crippen molar-refractivity contribution in [3.8, 4) is 11.3 Å². The van der Waals surface area contributed by atoms with Gasteiger partial charge in [-0.3, -0.25) is 4.79 Å². The first-order chi connectivity index (χ1) is 12.5. The van der Waals surface area contributed by atoms with Gasteiger partial charge in [0.2, 0.25) is 5.91 Å². The largest absolute Gasteiger partial charge is 0.455 e. The molecule has 3 atom stereocenters. The number of halogens is 2. The number of carbonyl (C=O) groups is 1. The van der Waals surface area contributed by atoms with Gasteiger partial charge in [-0.2, -0.15) is 5.10 Å². The van der Waals surface area contributed by atoms with Crippen LogP contribution in [0.1, 0.15) is 38.4 Å². The Morgan fingerprint density at radius 2 is 2.15 bits per heavy atom. The van der Waals surface area contributed by atoms with Crippen LogP contribution in [-0.2, 0) is 4.79 Å². The lowest BCUT2D eigenvalue weighted by molar-refractivity contribution is -0.123. The minimum Gasteiger partial charge on any atom is -0.455 e. The van der Waals surface area contributed by atoms with Crippen molar-refractivity contribution in [3.05, 3.63) is 46.1 Å². The molecule has 4 nitrogen and oxygen atoms in total. The van der Waals surface area contributed by atoms with Crippen LogP contribution >= 0.6 is 23.2 Å². The molecule has 2 saturated carbocycles. The molecule has 0 saturated heterocycles. The Hall–Kier alpha value is -1.78. The van der Waals surface area contributed by atoms with Crippen molar-refractivity contribution in [2.24, 2.45) is 22.4 Å². The van der Waals surface area contributed by atoms with Gasteiger partial charge in [0, 0.05) is 16.5 Å². The third-order valence-corrected chi connectivity index (χ3v) is 6.37. The number of furan rings is 1. The van der Waals surface area contributed by atoms with Crippen LogP contribution in [0.25, 0.3) is 11.3 Å². The summed E-state index contributed by atoms with van der Waals surface area (Å²) in [6.07, 6.45) is 6.26. The number of rotatable bonds is 4. The van der Waals surface area contributed by atoms with E-state index in [2.05, 4.69) is 17.5 Å². The van der Waals surface area contributed by atoms with Crippen molar-refractivity contribution >= 4 is 35.3 Å². The molecule has 1 aromatic heterocycles. The number of amides is 1. The topological polar surface area (TPSA) is 54.6 Å². The van der Waals surface area contributed by atoms with E-state index in [1.165, 1.54) is 19.1 Å². The fourth-order valence-corrected chi connectivity index (χ4v) is 4.72. The van der Waals surface area contributed by atoms with E-state index in [0.29, 0.717) is 27.5 Å². The number of nitrogens with one attached hydrogen (secondary N) is 1. The summed E-state index contributed by atoms with van der Waals surface area (Å²) < 4.78 is 5.73. The predicted octanol–water partition coefficient (Wildman–Crippen LogP) is 5.53. The Morgan fingerprint density at radius 1 is 1.31 bits per heavy atom. The standard InChI is InChI=1S/C20H20Cl2N2O2/c1-20-9-3-2-4-15(20)18(20)19(25)24-23-11-13-6-8-17(26-13)14-10-12(21)5-7-16(14)22/h5-8,10-11,15,18H,2-4,9H2,1H3,(H,24,25)/b23-11-/t15-,18+,20-/m0/s1. The minimum atomic E-state index is 0.0142. The van der Waals surface area contributed by atoms with Crippen LogP contribution in [0.5, 0.6) is 0 Å². The predicted molar refractivity (Wildman–Crippen MR) is 103 cm³/mol. The number of benzene rings is 1. The van der Waals surface area contributed by atoms with Crippen molar-refractivity contribution in [2.75, 3.05) is 0 Å². The number of hydrogen-bond acceptors (Lipinski definition) is 3. The van der Waals surface area contributed by atoms with Gasteiger partial charge in [-0.05, 0) is 54.5 Å². The highest BCUT2D eigenvalue weighted by atomic mass is 35.5. The molecular weight excluding hydrogens is 371 g/mol. The normalized spacial score (nSPS) is 27.3. The Bertz CT molecular complexity index is 876. The molecule has 0 spiro atoms. The second-order valence-electron chi connectivity index (χ2n) is 7.40. The van der Waals surface area contributed by atoms with Gasteiger partial charge >= 0.3 is 0 Å². The van der Waals surface area contributed by atoms with E-state index in [-0.39, 0.29) is 17.2 Å². The molecule has 0 unspecified atom stereocenters. The van der Waals surface area contributed by atoms with Gasteiger partial charge in [0.1, 0.15) is 11.5 Å². The number of carbonyl (C=O) groups excluding carboxylic acids is 1. The molecule has 136 valence electrons. The van der Waals surface area contributed by atoms with Gasteiger partial charge in [0.25, 0.3) is 0 Å². The first kappa shape index (κ1) is 17.6. The van der Waals surface area contributed by atoms with E-state index < -0.39 is 0 Å². The average Bonchev–Trinajstić information content (AvgIpc) is 2.98. The first-order valence-corrected chi connectivity index (χ1v) is 9.63. The number of fused-ring (bicyclic) bond motifs is 1. The maximum absolute atomic E-state index is 12.4. The highest BCUT2D eigenvalue weighted by Gasteiger charge is 2.64. The molecule has 1 N–H and O–H groups in total. The summed E-state index contributed by atoms with van der Waals surface area (Å²) in [5.74, 6) is 1.77. The zero-order valence-electron chi connectivity index (χ0n) is 14.5. The quantitative estimate of drug-likeness (QED) is 0.550. The molecule has 2 aromatic rings. The van der Waals surface area contributed by atoms with Crippen LogP contribution in [0, 0.1) is 17.3 Å². The van der Waals surface area contributed by atoms with E-state index in [9.17, 15) is 4.79 Å². The van der Waals surface area contributed by atoms with E-state index in [1.54, 1.807) is 30.3 Å². The van der Waals surface area contributed by atoms with E-state index in [1.807, 2.05) is 0 Å². The third kappa shape index (κ3) is 3.17. The molecule has 0 radical (unpaired) electrons. The summed E-state index contributed by atoms with van der Waals surface area (Å²) in [6, 6.07) is 8.79. The van der Waals surface area contributed by atoms with Crippen LogP contribution in [0.4, 0.5) is 0 Å². The molecule has 26 heavy (non-hydrogen) atoms. The highest BCUT2D eigenvalue weighted by molar-refractivity contribution is 6.35. The summed E-state index contributed by atoms with van der Waals surface area (Å²) in [4.78, 5) is 12.4. The smallest absolute Gasteiger partial charge is 0.244 e. The van der Waals surface area contributed by atoms with Crippen LogP contribution in [0.2, 0.25) is 10.0 Å². The number of hydrogen-bond donors (Lipinski definition) is 1. The monoisotopic (exact) mass is 390 g/mol. The SMILES string of the molecule is C[C@]12CCCC[C@H]1[C@@H]2C(=O)N/N=C\c1ccc(-c2cc(Cl)ccc2Cl)o1. The van der Waals surface area contributed by atoms with E-state index in [4.69, 9.17) is 27.6 Å². The molecule has 6 heteroatoms. The summed E-state index contributed by atoms with van der Waals surface area (Å²) in [5.41, 5.74) is 3.57. The maximum Gasteiger partial charge on any atom is 0.244 e. The average molecular weight is 391 g/mol. The molecule has 1 aromatic carbocycles. The van der Waals surface area contributed by atoms with Crippen molar-refractivity contribution in [2.45, 2.75) is 32.6 Å². The van der Waals surface area contributed by atoms with Gasteiger partial charge in [-0.15, -0.1) is 0 Å². The lowest BCUT2D eigenvalue weighted by Crippen LogP contribution is -2.22. The Morgan fingerprint density at radius 3 is 2.92 bits per heavy atom. The second-order valence-corrected chi connectivity index (χ2v) is 8.24. The third-order valence-electron chi connectivity index (χ3n) is 5.80. The Balaban J connectivity index is 1.40. The molecule has 1 amide bonds. The minimum absolute atomic E-state index is 0.0142. The zero-order chi connectivity index (χ0) is 18.3. The van der Waals surface area contributed by atoms with Crippen LogP contribution < -0.4 is 5.43 Å². The summed E-state index contributed by atoms with van der Waals surface area (Å²) in [7, 11) is 0. The highest BCUT2D eigenvalue weighted by Crippen LogP contribution is 2.66. The molecule has 2 fully saturated rings.